The topological polar surface area (TPSA) is 917 Å². The van der Waals surface area contributed by atoms with Gasteiger partial charge in [-0.05, 0) is 6.92 Å². The summed E-state index contributed by atoms with van der Waals surface area (Å²) < 4.78 is 124. The molecular formula is C74H124N4O55. The van der Waals surface area contributed by atoms with Crippen LogP contribution in [0.5, 0.6) is 0 Å². The maximum absolute atomic E-state index is 13.6. The van der Waals surface area contributed by atoms with Crippen molar-refractivity contribution in [2.45, 2.75) is 372 Å². The molecule has 133 heavy (non-hydrogen) atoms. The van der Waals surface area contributed by atoms with Gasteiger partial charge in [-0.25, -0.2) is 0 Å². The Bertz CT molecular complexity index is 3630. The molecule has 59 nitrogen and oxygen atoms in total. The Morgan fingerprint density at radius 2 is 0.406 bits per heavy atom. The molecule has 59 heteroatoms. The number of hydrogen-bond donors (Lipinski definition) is 34. The van der Waals surface area contributed by atoms with Gasteiger partial charge >= 0.3 is 0 Å². The lowest BCUT2D eigenvalue weighted by Crippen LogP contribution is -2.72. The van der Waals surface area contributed by atoms with E-state index in [1.165, 1.54) is 6.92 Å². The van der Waals surface area contributed by atoms with E-state index in [0.29, 0.717) is 0 Å². The zero-order chi connectivity index (χ0) is 97.8. The van der Waals surface area contributed by atoms with E-state index >= 15 is 0 Å². The lowest BCUT2D eigenvalue weighted by molar-refractivity contribution is -0.397. The van der Waals surface area contributed by atoms with Crippen molar-refractivity contribution in [2.24, 2.45) is 0 Å². The van der Waals surface area contributed by atoms with Crippen LogP contribution in [0.2, 0.25) is 0 Å². The van der Waals surface area contributed by atoms with Crippen LogP contribution in [0.25, 0.3) is 0 Å². The van der Waals surface area contributed by atoms with E-state index < -0.39 is 427 Å². The smallest absolute Gasteiger partial charge is 0.217 e. The summed E-state index contributed by atoms with van der Waals surface area (Å²) in [6, 6.07) is -7.93. The SMILES string of the molecule is CC(=O)N[C@H]1[C@H](O[C@H]2[C@@H](O)[C@@H](CO)O[C@@H](O[C@H]3[C@H](O[C@@H]4O[C@@H](C)[C@@H](O)[C@@H](O)[C@@H]4O)[C@@H](NC(C)=O)[C@H](O[C@H]4[C@@H](O)[C@@H](CO)O[C@@H](O[C@H]5[C@H](O)[C@@H](NC(C)=O)[C@H](O[C@H]6[C@@H](O)[C@@H](CO)O[C@@H](O[C@H]7[C@H](O)[C@@H](NC(C)=O)[C@H](O[C@H]8[C@@H](O)[C@@H](CO)O[C@@H](O[C@H]9[C@H](O)[C@@H](O)C(O)O[C@@H]9CO)[C@@H]8O)O[C@@H]7CO)[C@@H]6O)O[C@@H]5CO)[C@@H]4O)O[C@@H]3CO)[C@@H]2O)O[C@H](CO)[C@@H](O[C@@H]2O[C@H](CO)[C@H](O)[C@H](O)[C@H]2O)[C@@H]1O. The average Bonchev–Trinajstić information content (AvgIpc) is 0.753. The molecule has 11 saturated heterocycles. The summed E-state index contributed by atoms with van der Waals surface area (Å²) in [4.78, 5) is 52.5. The third-order valence-corrected chi connectivity index (χ3v) is 24.6. The van der Waals surface area contributed by atoms with Crippen molar-refractivity contribution in [3.8, 4) is 0 Å². The van der Waals surface area contributed by atoms with Crippen LogP contribution in [0, 0.1) is 0 Å². The van der Waals surface area contributed by atoms with Crippen molar-refractivity contribution >= 4 is 23.6 Å². The Morgan fingerprint density at radius 3 is 0.699 bits per heavy atom. The van der Waals surface area contributed by atoms with E-state index in [0.717, 1.165) is 27.7 Å². The van der Waals surface area contributed by atoms with Gasteiger partial charge in [0, 0.05) is 27.7 Å². The third kappa shape index (κ3) is 23.8. The predicted molar refractivity (Wildman–Crippen MR) is 407 cm³/mol. The normalized spacial score (nSPS) is 50.1. The van der Waals surface area contributed by atoms with Crippen LogP contribution in [-0.2, 0) is 119 Å². The maximum Gasteiger partial charge on any atom is 0.217 e. The van der Waals surface area contributed by atoms with Crippen LogP contribution in [0.4, 0.5) is 0 Å². The van der Waals surface area contributed by atoms with Crippen molar-refractivity contribution < 1.29 is 272 Å². The monoisotopic (exact) mass is 1950 g/mol. The molecule has 0 aromatic heterocycles. The lowest BCUT2D eigenvalue weighted by Gasteiger charge is -2.52. The summed E-state index contributed by atoms with van der Waals surface area (Å²) in [5.41, 5.74) is 0. The molecule has 0 radical (unpaired) electrons. The molecule has 1 unspecified atom stereocenters. The third-order valence-electron chi connectivity index (χ3n) is 24.6. The Morgan fingerprint density at radius 1 is 0.195 bits per heavy atom. The van der Waals surface area contributed by atoms with Crippen LogP contribution >= 0.6 is 0 Å². The van der Waals surface area contributed by atoms with Crippen LogP contribution < -0.4 is 21.3 Å². The number of ether oxygens (including phenoxy) is 21. The summed E-state index contributed by atoms with van der Waals surface area (Å²) in [5.74, 6) is -3.92. The van der Waals surface area contributed by atoms with Crippen LogP contribution in [-0.4, -0.2) is 580 Å². The van der Waals surface area contributed by atoms with Crippen molar-refractivity contribution in [1.82, 2.24) is 21.3 Å². The minimum Gasteiger partial charge on any atom is -0.394 e. The largest absolute Gasteiger partial charge is 0.394 e. The second-order valence-corrected chi connectivity index (χ2v) is 33.7. The van der Waals surface area contributed by atoms with Gasteiger partial charge in [0.1, 0.15) is 262 Å². The van der Waals surface area contributed by atoms with E-state index in [-0.39, 0.29) is 0 Å². The van der Waals surface area contributed by atoms with Gasteiger partial charge in [0.15, 0.2) is 69.2 Å². The molecule has 0 bridgehead atoms. The van der Waals surface area contributed by atoms with E-state index in [9.17, 15) is 172 Å². The average molecular weight is 1950 g/mol. The van der Waals surface area contributed by atoms with E-state index in [4.69, 9.17) is 99.5 Å². The van der Waals surface area contributed by atoms with Crippen molar-refractivity contribution in [2.75, 3.05) is 66.1 Å². The first-order chi connectivity index (χ1) is 63.0. The predicted octanol–water partition coefficient (Wildman–Crippen LogP) is -23.4. The van der Waals surface area contributed by atoms with E-state index in [2.05, 4.69) is 21.3 Å². The highest BCUT2D eigenvalue weighted by Crippen LogP contribution is 2.43. The number of amides is 4. The summed E-state index contributed by atoms with van der Waals surface area (Å²) in [7, 11) is 0. The quantitative estimate of drug-likeness (QED) is 0.0284. The number of aliphatic hydroxyl groups is 30. The Balaban J connectivity index is 0.819. The summed E-state index contributed by atoms with van der Waals surface area (Å²) in [6.45, 7) is -6.43. The molecular weight excluding hydrogens is 1820 g/mol. The number of nitrogens with one attached hydrogen (secondary N) is 4. The van der Waals surface area contributed by atoms with E-state index in [1.807, 2.05) is 0 Å². The Kier molecular flexibility index (Phi) is 39.1. The van der Waals surface area contributed by atoms with Gasteiger partial charge in [-0.3, -0.25) is 19.2 Å². The van der Waals surface area contributed by atoms with Gasteiger partial charge in [0.05, 0.1) is 72.2 Å². The maximum atomic E-state index is 13.6. The Labute approximate surface area is 752 Å². The fourth-order valence-corrected chi connectivity index (χ4v) is 17.5. The first-order valence-electron chi connectivity index (χ1n) is 42.5. The zero-order valence-electron chi connectivity index (χ0n) is 71.4. The van der Waals surface area contributed by atoms with Crippen LogP contribution in [0.3, 0.4) is 0 Å². The zero-order valence-corrected chi connectivity index (χ0v) is 71.4. The van der Waals surface area contributed by atoms with Crippen molar-refractivity contribution in [1.29, 1.82) is 0 Å². The fraction of sp³-hybridized carbons (Fsp3) is 0.946. The second-order valence-electron chi connectivity index (χ2n) is 33.7. The van der Waals surface area contributed by atoms with Gasteiger partial charge in [-0.2, -0.15) is 0 Å². The molecule has 770 valence electrons. The first-order valence-corrected chi connectivity index (χ1v) is 42.5. The highest BCUT2D eigenvalue weighted by Gasteiger charge is 2.64. The van der Waals surface area contributed by atoms with Crippen molar-refractivity contribution in [3.05, 3.63) is 0 Å². The molecule has 11 aliphatic rings. The molecule has 11 aliphatic heterocycles. The van der Waals surface area contributed by atoms with Crippen molar-refractivity contribution in [3.63, 3.8) is 0 Å². The summed E-state index contributed by atoms with van der Waals surface area (Å²) >= 11 is 0. The molecule has 55 atom stereocenters. The number of hydrogen-bond acceptors (Lipinski definition) is 55. The van der Waals surface area contributed by atoms with Gasteiger partial charge < -0.3 is 274 Å². The number of carbonyl (C=O) groups excluding carboxylic acids is 4. The number of aliphatic hydroxyl groups excluding tert-OH is 30. The highest BCUT2D eigenvalue weighted by molar-refractivity contribution is 5.74. The molecule has 0 aromatic carbocycles. The second kappa shape index (κ2) is 47.6. The Hall–Kier alpha value is -4.16. The summed E-state index contributed by atoms with van der Waals surface area (Å²) in [5, 5.41) is 344. The van der Waals surface area contributed by atoms with Gasteiger partial charge in [-0.15, -0.1) is 0 Å². The molecule has 0 saturated carbocycles. The first kappa shape index (κ1) is 109. The molecule has 34 N–H and O–H groups in total. The van der Waals surface area contributed by atoms with E-state index in [1.54, 1.807) is 0 Å². The minimum atomic E-state index is -2.50. The molecule has 11 heterocycles. The fourth-order valence-electron chi connectivity index (χ4n) is 17.5. The molecule has 11 fully saturated rings. The van der Waals surface area contributed by atoms with Crippen LogP contribution in [0.1, 0.15) is 34.6 Å². The molecule has 0 spiro atoms. The number of carbonyl (C=O) groups is 4. The molecule has 0 aliphatic carbocycles. The van der Waals surface area contributed by atoms with Gasteiger partial charge in [0.25, 0.3) is 0 Å². The van der Waals surface area contributed by atoms with Gasteiger partial charge in [-0.1, -0.05) is 0 Å². The minimum absolute atomic E-state index is 0.898. The van der Waals surface area contributed by atoms with Crippen LogP contribution in [0.15, 0.2) is 0 Å². The lowest BCUT2D eigenvalue weighted by atomic mass is 9.93. The molecule has 11 rings (SSSR count). The highest BCUT2D eigenvalue weighted by atomic mass is 16.8. The molecule has 4 amide bonds. The van der Waals surface area contributed by atoms with Gasteiger partial charge in [0.2, 0.25) is 23.6 Å². The summed E-state index contributed by atoms with van der Waals surface area (Å²) in [6.07, 6.45) is -106. The molecule has 0 aromatic rings. The standard InChI is InChI=1S/C74H124N4O55/c1-16-35(93)44(102)48(106)69(113-16)129-59-34(78-20(5)92)68(123-30(15-88)58(59)128-74-53(111)62(39(97)25(10-83)119-74)132-65-31(75-17(2)89)41(99)54(27(12-85)120-65)124-70-49(107)45(103)36(94)21(6-79)115-70)133-63-40(98)24(9-82)117-72(52(63)110)126-56-29(14-87)121-66(32(43(56)101)76-18(3)90)130-60-37(95)22(7-80)116-71(50(60)108)125-55-28(13-86)122-67(33(42(55)100)77-19(4)91)131-61-38(96)23(8-81)118-73(51(61)109)127-57-26(11-84)114-64(112)47(105)46(57)104/h16,21-74,79-88,93-112H,6-15H2,1-5H3,(H,75,89)(H,76,90)(H,77,91)(H,78,92)/t16-,21+,22+,23+,24+,25+,26+,27+,28+,29+,30+,31+,32+,33+,34+,35+,36-,37-,38-,39-,40-,41+,42+,43+,44+,45-,46+,47+,48-,49+,50+,51+,52+,53+,54+,55+,56+,57+,58+,59+,60-,61-,62-,63-,64?,65-,66-,67-,68-,69-,70-,71-,72-,73-,74-/m0/s1. The number of rotatable bonds is 34.